The highest BCUT2D eigenvalue weighted by Gasteiger charge is 2.15. The van der Waals surface area contributed by atoms with Gasteiger partial charge < -0.3 is 10.6 Å². The molecule has 2 rings (SSSR count). The van der Waals surface area contributed by atoms with E-state index >= 15 is 0 Å². The van der Waals surface area contributed by atoms with E-state index in [1.54, 1.807) is 19.2 Å². The Morgan fingerprint density at radius 3 is 2.58 bits per heavy atom. The number of carbonyl (C=O) groups excluding carboxylic acids is 1. The number of nitriles is 1. The summed E-state index contributed by atoms with van der Waals surface area (Å²) in [6.07, 6.45) is 0.315. The van der Waals surface area contributed by atoms with Crippen molar-refractivity contribution in [1.29, 1.82) is 5.26 Å². The number of hydrogen-bond acceptors (Lipinski definition) is 3. The second kappa shape index (κ2) is 5.40. The van der Waals surface area contributed by atoms with Crippen LogP contribution in [-0.4, -0.2) is 24.4 Å². The van der Waals surface area contributed by atoms with E-state index in [0.29, 0.717) is 24.2 Å². The number of hydrogen-bond donors (Lipinski definition) is 1. The molecule has 4 nitrogen and oxygen atoms in total. The normalized spacial score (nSPS) is 10.1. The van der Waals surface area contributed by atoms with Gasteiger partial charge >= 0.3 is 0 Å². The average Bonchev–Trinajstić information content (AvgIpc) is 2.43. The minimum Gasteiger partial charge on any atom is -0.398 e. The Hall–Kier alpha value is -2.54. The van der Waals surface area contributed by atoms with Crippen molar-refractivity contribution in [3.05, 3.63) is 42.0 Å². The Labute approximate surface area is 112 Å². The van der Waals surface area contributed by atoms with Crippen LogP contribution in [-0.2, 0) is 0 Å². The fourth-order valence-electron chi connectivity index (χ4n) is 1.97. The highest BCUT2D eigenvalue weighted by Crippen LogP contribution is 2.22. The van der Waals surface area contributed by atoms with Crippen molar-refractivity contribution in [3.8, 4) is 6.07 Å². The smallest absolute Gasteiger partial charge is 0.255 e. The van der Waals surface area contributed by atoms with Gasteiger partial charge in [-0.25, -0.2) is 0 Å². The van der Waals surface area contributed by atoms with Gasteiger partial charge in [-0.2, -0.15) is 5.26 Å². The second-order valence-corrected chi connectivity index (χ2v) is 4.42. The number of anilines is 1. The molecule has 96 valence electrons. The van der Waals surface area contributed by atoms with Crippen molar-refractivity contribution in [1.82, 2.24) is 4.90 Å². The van der Waals surface area contributed by atoms with Gasteiger partial charge in [0.25, 0.3) is 5.91 Å². The maximum absolute atomic E-state index is 12.3. The Morgan fingerprint density at radius 2 is 1.95 bits per heavy atom. The Morgan fingerprint density at radius 1 is 1.32 bits per heavy atom. The largest absolute Gasteiger partial charge is 0.398 e. The van der Waals surface area contributed by atoms with Gasteiger partial charge in [-0.1, -0.05) is 24.3 Å². The average molecular weight is 253 g/mol. The lowest BCUT2D eigenvalue weighted by Gasteiger charge is -2.17. The molecule has 2 aromatic rings. The van der Waals surface area contributed by atoms with Crippen molar-refractivity contribution in [2.24, 2.45) is 0 Å². The fraction of sp³-hybridized carbons (Fsp3) is 0.200. The molecule has 0 aliphatic rings. The number of amides is 1. The molecule has 0 atom stereocenters. The molecule has 19 heavy (non-hydrogen) atoms. The quantitative estimate of drug-likeness (QED) is 0.854. The maximum atomic E-state index is 12.3. The molecule has 0 aliphatic carbocycles. The molecular weight excluding hydrogens is 238 g/mol. The molecule has 0 fully saturated rings. The number of benzene rings is 2. The fourth-order valence-corrected chi connectivity index (χ4v) is 1.97. The first kappa shape index (κ1) is 12.9. The summed E-state index contributed by atoms with van der Waals surface area (Å²) in [5.74, 6) is -0.154. The number of nitrogen functional groups attached to an aromatic ring is 1. The van der Waals surface area contributed by atoms with Crippen molar-refractivity contribution in [3.63, 3.8) is 0 Å². The van der Waals surface area contributed by atoms with Gasteiger partial charge in [0.2, 0.25) is 0 Å². The Bertz CT molecular complexity index is 658. The molecule has 2 aromatic carbocycles. The topological polar surface area (TPSA) is 70.1 Å². The summed E-state index contributed by atoms with van der Waals surface area (Å²) >= 11 is 0. The van der Waals surface area contributed by atoms with Crippen LogP contribution in [0.15, 0.2) is 36.4 Å². The third-order valence-corrected chi connectivity index (χ3v) is 3.05. The van der Waals surface area contributed by atoms with Gasteiger partial charge in [0.15, 0.2) is 0 Å². The number of fused-ring (bicyclic) bond motifs is 1. The summed E-state index contributed by atoms with van der Waals surface area (Å²) in [6.45, 7) is 0.404. The number of carbonyl (C=O) groups is 1. The van der Waals surface area contributed by atoms with Crippen LogP contribution in [0.25, 0.3) is 10.8 Å². The van der Waals surface area contributed by atoms with Crippen LogP contribution in [0.3, 0.4) is 0 Å². The molecule has 1 amide bonds. The van der Waals surface area contributed by atoms with Crippen molar-refractivity contribution < 1.29 is 4.79 Å². The van der Waals surface area contributed by atoms with Crippen LogP contribution in [0, 0.1) is 11.3 Å². The lowest BCUT2D eigenvalue weighted by Crippen LogP contribution is -2.28. The van der Waals surface area contributed by atoms with Crippen LogP contribution in [0.5, 0.6) is 0 Å². The SMILES string of the molecule is CN(CCC#N)C(=O)c1cc2ccccc2cc1N. The zero-order chi connectivity index (χ0) is 13.8. The Kier molecular flexibility index (Phi) is 3.67. The molecular formula is C15H15N3O. The molecule has 0 radical (unpaired) electrons. The molecule has 0 spiro atoms. The zero-order valence-electron chi connectivity index (χ0n) is 10.8. The molecule has 0 heterocycles. The lowest BCUT2D eigenvalue weighted by molar-refractivity contribution is 0.0799. The van der Waals surface area contributed by atoms with E-state index in [-0.39, 0.29) is 5.91 Å². The molecule has 0 unspecified atom stereocenters. The van der Waals surface area contributed by atoms with E-state index in [1.807, 2.05) is 30.3 Å². The first-order valence-corrected chi connectivity index (χ1v) is 6.04. The van der Waals surface area contributed by atoms with Gasteiger partial charge in [0.1, 0.15) is 0 Å². The van der Waals surface area contributed by atoms with Gasteiger partial charge in [-0.15, -0.1) is 0 Å². The summed E-state index contributed by atoms with van der Waals surface area (Å²) in [5, 5.41) is 10.5. The van der Waals surface area contributed by atoms with Gasteiger partial charge in [0.05, 0.1) is 18.1 Å². The van der Waals surface area contributed by atoms with Crippen molar-refractivity contribution in [2.45, 2.75) is 6.42 Å². The summed E-state index contributed by atoms with van der Waals surface area (Å²) in [6, 6.07) is 13.4. The van der Waals surface area contributed by atoms with E-state index in [4.69, 9.17) is 11.0 Å². The first-order chi connectivity index (χ1) is 9.13. The van der Waals surface area contributed by atoms with E-state index < -0.39 is 0 Å². The Balaban J connectivity index is 2.36. The molecule has 0 aliphatic heterocycles. The molecule has 4 heteroatoms. The van der Waals surface area contributed by atoms with Crippen LogP contribution in [0.1, 0.15) is 16.8 Å². The predicted octanol–water partition coefficient (Wildman–Crippen LogP) is 2.41. The minimum absolute atomic E-state index is 0.154. The van der Waals surface area contributed by atoms with Crippen LogP contribution < -0.4 is 5.73 Å². The third-order valence-electron chi connectivity index (χ3n) is 3.05. The molecule has 2 N–H and O–H groups in total. The number of rotatable bonds is 3. The maximum Gasteiger partial charge on any atom is 0.255 e. The number of nitrogens with zero attached hydrogens (tertiary/aromatic N) is 2. The third kappa shape index (κ3) is 2.66. The summed E-state index contributed by atoms with van der Waals surface area (Å²) in [5.41, 5.74) is 6.89. The highest BCUT2D eigenvalue weighted by molar-refractivity contribution is 6.03. The standard InChI is InChI=1S/C15H15N3O/c1-18(8-4-7-16)15(19)13-9-11-5-2-3-6-12(11)10-14(13)17/h2-3,5-6,9-10H,4,8,17H2,1H3. The van der Waals surface area contributed by atoms with Crippen LogP contribution in [0.4, 0.5) is 5.69 Å². The molecule has 0 saturated carbocycles. The van der Waals surface area contributed by atoms with E-state index in [2.05, 4.69) is 0 Å². The minimum atomic E-state index is -0.154. The monoisotopic (exact) mass is 253 g/mol. The summed E-state index contributed by atoms with van der Waals surface area (Å²) in [4.78, 5) is 13.8. The zero-order valence-corrected chi connectivity index (χ0v) is 10.8. The van der Waals surface area contributed by atoms with Crippen molar-refractivity contribution in [2.75, 3.05) is 19.3 Å². The van der Waals surface area contributed by atoms with Gasteiger partial charge in [-0.3, -0.25) is 4.79 Å². The summed E-state index contributed by atoms with van der Waals surface area (Å²) < 4.78 is 0. The van der Waals surface area contributed by atoms with E-state index in [1.165, 1.54) is 4.90 Å². The van der Waals surface area contributed by atoms with Crippen molar-refractivity contribution >= 4 is 22.4 Å². The van der Waals surface area contributed by atoms with E-state index in [0.717, 1.165) is 10.8 Å². The molecule has 0 aromatic heterocycles. The molecule has 0 saturated heterocycles. The van der Waals surface area contributed by atoms with E-state index in [9.17, 15) is 4.79 Å². The predicted molar refractivity (Wildman–Crippen MR) is 75.6 cm³/mol. The molecule has 0 bridgehead atoms. The number of nitrogens with two attached hydrogens (primary N) is 1. The van der Waals surface area contributed by atoms with Crippen LogP contribution in [0.2, 0.25) is 0 Å². The lowest BCUT2D eigenvalue weighted by atomic mass is 10.0. The van der Waals surface area contributed by atoms with Gasteiger partial charge in [0, 0.05) is 19.3 Å². The first-order valence-electron chi connectivity index (χ1n) is 6.04. The highest BCUT2D eigenvalue weighted by atomic mass is 16.2. The van der Waals surface area contributed by atoms with Gasteiger partial charge in [-0.05, 0) is 22.9 Å². The summed E-state index contributed by atoms with van der Waals surface area (Å²) in [7, 11) is 1.67. The van der Waals surface area contributed by atoms with Crippen LogP contribution >= 0.6 is 0 Å². The second-order valence-electron chi connectivity index (χ2n) is 4.42.